The van der Waals surface area contributed by atoms with Gasteiger partial charge in [-0.05, 0) is 12.8 Å². The largest absolute Gasteiger partial charge is 0.348 e. The Hall–Kier alpha value is -1.14. The third kappa shape index (κ3) is 4.93. The van der Waals surface area contributed by atoms with E-state index in [0.29, 0.717) is 12.6 Å². The van der Waals surface area contributed by atoms with Crippen LogP contribution < -0.4 is 0 Å². The van der Waals surface area contributed by atoms with Gasteiger partial charge in [0, 0.05) is 64.8 Å². The first-order chi connectivity index (χ1) is 11.2. The van der Waals surface area contributed by atoms with Crippen molar-refractivity contribution in [1.29, 1.82) is 0 Å². The van der Waals surface area contributed by atoms with E-state index in [4.69, 9.17) is 0 Å². The van der Waals surface area contributed by atoms with Gasteiger partial charge in [0.25, 0.3) is 0 Å². The summed E-state index contributed by atoms with van der Waals surface area (Å²) in [5, 5.41) is 0. The fraction of sp³-hybridized carbons (Fsp3) is 0.889. The van der Waals surface area contributed by atoms with Crippen LogP contribution in [0.5, 0.6) is 0 Å². The van der Waals surface area contributed by atoms with Crippen molar-refractivity contribution in [2.24, 2.45) is 5.41 Å². The number of amides is 2. The molecule has 0 unspecified atom stereocenters. The second-order valence-electron chi connectivity index (χ2n) is 8.37. The Balaban J connectivity index is 1.75. The smallest absolute Gasteiger partial charge is 0.236 e. The van der Waals surface area contributed by atoms with Crippen molar-refractivity contribution in [2.75, 3.05) is 59.9 Å². The summed E-state index contributed by atoms with van der Waals surface area (Å²) < 4.78 is 0. The lowest BCUT2D eigenvalue weighted by Crippen LogP contribution is -2.55. The summed E-state index contributed by atoms with van der Waals surface area (Å²) in [6.45, 7) is 12.2. The molecule has 0 radical (unpaired) electrons. The Bertz CT molecular complexity index is 442. The average molecular weight is 338 g/mol. The van der Waals surface area contributed by atoms with Crippen LogP contribution in [-0.2, 0) is 9.59 Å². The minimum Gasteiger partial charge on any atom is -0.348 e. The fourth-order valence-electron chi connectivity index (χ4n) is 3.53. The molecule has 0 aromatic carbocycles. The molecule has 6 heteroatoms. The van der Waals surface area contributed by atoms with E-state index in [9.17, 15) is 9.59 Å². The fourth-order valence-corrected chi connectivity index (χ4v) is 3.53. The second kappa shape index (κ2) is 7.83. The Morgan fingerprint density at radius 3 is 1.96 bits per heavy atom. The summed E-state index contributed by atoms with van der Waals surface area (Å²) >= 11 is 0. The molecular formula is C18H34N4O2. The number of piperidine rings is 1. The van der Waals surface area contributed by atoms with E-state index in [1.165, 1.54) is 0 Å². The number of likely N-dealkylation sites (N-methyl/N-ethyl adjacent to an activating group) is 1. The molecule has 2 aliphatic heterocycles. The highest BCUT2D eigenvalue weighted by molar-refractivity contribution is 5.81. The average Bonchev–Trinajstić information content (AvgIpc) is 2.54. The van der Waals surface area contributed by atoms with Crippen molar-refractivity contribution in [2.45, 2.75) is 39.7 Å². The predicted octanol–water partition coefficient (Wildman–Crippen LogP) is 0.729. The Kier molecular flexibility index (Phi) is 6.26. The normalized spacial score (nSPS) is 21.8. The second-order valence-corrected chi connectivity index (χ2v) is 8.37. The quantitative estimate of drug-likeness (QED) is 0.761. The molecule has 24 heavy (non-hydrogen) atoms. The van der Waals surface area contributed by atoms with Crippen molar-refractivity contribution in [1.82, 2.24) is 19.6 Å². The Labute approximate surface area is 146 Å². The molecule has 0 saturated carbocycles. The van der Waals surface area contributed by atoms with Crippen molar-refractivity contribution in [3.8, 4) is 0 Å². The van der Waals surface area contributed by atoms with E-state index in [2.05, 4.69) is 9.80 Å². The summed E-state index contributed by atoms with van der Waals surface area (Å²) in [6.07, 6.45) is 2.14. The van der Waals surface area contributed by atoms with Crippen molar-refractivity contribution < 1.29 is 9.59 Å². The minimum absolute atomic E-state index is 0.178. The first-order valence-corrected chi connectivity index (χ1v) is 9.14. The number of piperazine rings is 1. The summed E-state index contributed by atoms with van der Waals surface area (Å²) in [5.41, 5.74) is -0.280. The Morgan fingerprint density at radius 2 is 1.50 bits per heavy atom. The summed E-state index contributed by atoms with van der Waals surface area (Å²) in [5.74, 6) is 0.449. The van der Waals surface area contributed by atoms with Gasteiger partial charge in [-0.15, -0.1) is 0 Å². The van der Waals surface area contributed by atoms with E-state index in [0.717, 1.165) is 52.1 Å². The number of carbonyl (C=O) groups excluding carboxylic acids is 2. The highest BCUT2D eigenvalue weighted by Gasteiger charge is 2.33. The van der Waals surface area contributed by atoms with Gasteiger partial charge >= 0.3 is 0 Å². The molecule has 0 aromatic rings. The highest BCUT2D eigenvalue weighted by atomic mass is 16.2. The molecule has 2 amide bonds. The van der Waals surface area contributed by atoms with Crippen LogP contribution in [0.2, 0.25) is 0 Å². The van der Waals surface area contributed by atoms with Gasteiger partial charge in [-0.3, -0.25) is 19.4 Å². The zero-order valence-electron chi connectivity index (χ0n) is 16.0. The standard InChI is InChI=1S/C18H34N4O2/c1-18(2,3)17(24)22-8-6-15(7-9-22)21-12-10-20(11-13-21)14-16(23)19(4)5/h15H,6-14H2,1-5H3. The van der Waals surface area contributed by atoms with Crippen molar-refractivity contribution in [3.05, 3.63) is 0 Å². The highest BCUT2D eigenvalue weighted by Crippen LogP contribution is 2.23. The van der Waals surface area contributed by atoms with Crippen LogP contribution in [0.15, 0.2) is 0 Å². The van der Waals surface area contributed by atoms with E-state index in [-0.39, 0.29) is 17.2 Å². The van der Waals surface area contributed by atoms with E-state index in [1.54, 1.807) is 4.90 Å². The monoisotopic (exact) mass is 338 g/mol. The molecule has 0 aliphatic carbocycles. The van der Waals surface area contributed by atoms with Crippen molar-refractivity contribution >= 4 is 11.8 Å². The van der Waals surface area contributed by atoms with Gasteiger partial charge < -0.3 is 9.80 Å². The minimum atomic E-state index is -0.280. The van der Waals surface area contributed by atoms with E-state index < -0.39 is 0 Å². The third-order valence-electron chi connectivity index (χ3n) is 5.17. The van der Waals surface area contributed by atoms with Crippen LogP contribution in [0.25, 0.3) is 0 Å². The van der Waals surface area contributed by atoms with Gasteiger partial charge in [0.2, 0.25) is 11.8 Å². The summed E-state index contributed by atoms with van der Waals surface area (Å²) in [6, 6.07) is 0.584. The van der Waals surface area contributed by atoms with Gasteiger partial charge in [-0.25, -0.2) is 0 Å². The van der Waals surface area contributed by atoms with Crippen LogP contribution in [-0.4, -0.2) is 97.4 Å². The molecule has 0 spiro atoms. The molecule has 0 N–H and O–H groups in total. The Morgan fingerprint density at radius 1 is 0.958 bits per heavy atom. The molecule has 2 fully saturated rings. The molecule has 138 valence electrons. The third-order valence-corrected chi connectivity index (χ3v) is 5.17. The number of likely N-dealkylation sites (tertiary alicyclic amines) is 1. The maximum Gasteiger partial charge on any atom is 0.236 e. The number of rotatable bonds is 3. The lowest BCUT2D eigenvalue weighted by Gasteiger charge is -2.43. The molecular weight excluding hydrogens is 304 g/mol. The van der Waals surface area contributed by atoms with Gasteiger partial charge in [-0.2, -0.15) is 0 Å². The zero-order valence-corrected chi connectivity index (χ0v) is 16.0. The molecule has 0 atom stereocenters. The number of nitrogens with zero attached hydrogens (tertiary/aromatic N) is 4. The lowest BCUT2D eigenvalue weighted by molar-refractivity contribution is -0.141. The first-order valence-electron chi connectivity index (χ1n) is 9.14. The van der Waals surface area contributed by atoms with Crippen LogP contribution in [0.4, 0.5) is 0 Å². The topological polar surface area (TPSA) is 47.1 Å². The molecule has 0 aromatic heterocycles. The van der Waals surface area contributed by atoms with E-state index in [1.807, 2.05) is 39.8 Å². The lowest BCUT2D eigenvalue weighted by atomic mass is 9.92. The molecule has 2 rings (SSSR count). The summed E-state index contributed by atoms with van der Waals surface area (Å²) in [4.78, 5) is 32.7. The maximum atomic E-state index is 12.4. The molecule has 2 saturated heterocycles. The zero-order chi connectivity index (χ0) is 17.9. The van der Waals surface area contributed by atoms with Gasteiger partial charge in [0.15, 0.2) is 0 Å². The molecule has 2 aliphatic rings. The number of hydrogen-bond acceptors (Lipinski definition) is 4. The predicted molar refractivity (Wildman–Crippen MR) is 95.8 cm³/mol. The summed E-state index contributed by atoms with van der Waals surface area (Å²) in [7, 11) is 3.62. The number of hydrogen-bond donors (Lipinski definition) is 0. The SMILES string of the molecule is CN(C)C(=O)CN1CCN(C2CCN(C(=O)C(C)(C)C)CC2)CC1. The van der Waals surface area contributed by atoms with E-state index >= 15 is 0 Å². The molecule has 6 nitrogen and oxygen atoms in total. The van der Waals surface area contributed by atoms with Gasteiger partial charge in [0.05, 0.1) is 6.54 Å². The van der Waals surface area contributed by atoms with Gasteiger partial charge in [-0.1, -0.05) is 20.8 Å². The van der Waals surface area contributed by atoms with Crippen LogP contribution in [0, 0.1) is 5.41 Å². The maximum absolute atomic E-state index is 12.4. The van der Waals surface area contributed by atoms with Crippen LogP contribution in [0.1, 0.15) is 33.6 Å². The first kappa shape index (κ1) is 19.2. The van der Waals surface area contributed by atoms with Crippen molar-refractivity contribution in [3.63, 3.8) is 0 Å². The van der Waals surface area contributed by atoms with Crippen LogP contribution in [0.3, 0.4) is 0 Å². The van der Waals surface area contributed by atoms with Gasteiger partial charge in [0.1, 0.15) is 0 Å². The molecule has 0 bridgehead atoms. The molecule has 2 heterocycles. The number of carbonyl (C=O) groups is 2. The van der Waals surface area contributed by atoms with Crippen LogP contribution >= 0.6 is 0 Å².